The van der Waals surface area contributed by atoms with Crippen LogP contribution in [0.4, 0.5) is 0 Å². The molecule has 0 aliphatic carbocycles. The van der Waals surface area contributed by atoms with Crippen LogP contribution in [0.25, 0.3) is 11.4 Å². The second-order valence-electron chi connectivity index (χ2n) is 7.15. The van der Waals surface area contributed by atoms with Gasteiger partial charge in [-0.3, -0.25) is 4.57 Å². The first-order chi connectivity index (χ1) is 15.3. The van der Waals surface area contributed by atoms with E-state index in [1.54, 1.807) is 26.0 Å². The van der Waals surface area contributed by atoms with Crippen LogP contribution in [0.15, 0.2) is 53.7 Å². The van der Waals surface area contributed by atoms with Gasteiger partial charge in [-0.2, -0.15) is 0 Å². The first-order valence-electron chi connectivity index (χ1n) is 10.4. The summed E-state index contributed by atoms with van der Waals surface area (Å²) in [6.07, 6.45) is 2.36. The van der Waals surface area contributed by atoms with Crippen molar-refractivity contribution in [2.45, 2.75) is 30.6 Å². The normalized spacial score (nSPS) is 15.7. The minimum Gasteiger partial charge on any atom is -0.497 e. The fourth-order valence-corrected chi connectivity index (χ4v) is 4.23. The van der Waals surface area contributed by atoms with Crippen molar-refractivity contribution in [1.29, 1.82) is 0 Å². The average Bonchev–Trinajstić information content (AvgIpc) is 3.48. The smallest absolute Gasteiger partial charge is 0.191 e. The van der Waals surface area contributed by atoms with Gasteiger partial charge >= 0.3 is 0 Å². The lowest BCUT2D eigenvalue weighted by Gasteiger charge is -2.15. The van der Waals surface area contributed by atoms with Crippen LogP contribution in [0.3, 0.4) is 0 Å². The molecule has 8 heteroatoms. The molecule has 31 heavy (non-hydrogen) atoms. The Morgan fingerprint density at radius 3 is 2.29 bits per heavy atom. The molecule has 0 saturated carbocycles. The van der Waals surface area contributed by atoms with Gasteiger partial charge in [0.25, 0.3) is 0 Å². The lowest BCUT2D eigenvalue weighted by atomic mass is 10.2. The lowest BCUT2D eigenvalue weighted by Crippen LogP contribution is -2.17. The molecule has 1 saturated heterocycles. The van der Waals surface area contributed by atoms with Gasteiger partial charge in [0.15, 0.2) is 11.0 Å². The second-order valence-corrected chi connectivity index (χ2v) is 8.21. The molecule has 1 aliphatic heterocycles. The molecule has 7 nitrogen and oxygen atoms in total. The zero-order valence-electron chi connectivity index (χ0n) is 17.8. The van der Waals surface area contributed by atoms with Crippen molar-refractivity contribution in [1.82, 2.24) is 14.8 Å². The number of nitrogens with zero attached hydrogens (tertiary/aromatic N) is 3. The zero-order valence-corrected chi connectivity index (χ0v) is 18.6. The highest BCUT2D eigenvalue weighted by Gasteiger charge is 2.21. The van der Waals surface area contributed by atoms with Crippen molar-refractivity contribution in [3.63, 3.8) is 0 Å². The summed E-state index contributed by atoms with van der Waals surface area (Å²) < 4.78 is 24.3. The summed E-state index contributed by atoms with van der Waals surface area (Å²) in [6.45, 7) is 2.14. The molecule has 0 amide bonds. The van der Waals surface area contributed by atoms with E-state index in [1.165, 1.54) is 0 Å². The molecule has 0 spiro atoms. The summed E-state index contributed by atoms with van der Waals surface area (Å²) in [4.78, 5) is 0. The number of methoxy groups -OCH3 is 2. The van der Waals surface area contributed by atoms with E-state index in [2.05, 4.69) is 14.8 Å². The molecule has 2 heterocycles. The van der Waals surface area contributed by atoms with Crippen molar-refractivity contribution < 1.29 is 18.9 Å². The molecule has 2 aromatic carbocycles. The molecule has 164 valence electrons. The minimum atomic E-state index is 0.197. The Kier molecular flexibility index (Phi) is 7.32. The molecule has 0 N–H and O–H groups in total. The van der Waals surface area contributed by atoms with Crippen molar-refractivity contribution >= 4 is 11.8 Å². The van der Waals surface area contributed by atoms with Gasteiger partial charge in [-0.1, -0.05) is 11.8 Å². The van der Waals surface area contributed by atoms with Crippen LogP contribution >= 0.6 is 11.8 Å². The van der Waals surface area contributed by atoms with Crippen LogP contribution in [0.2, 0.25) is 0 Å². The van der Waals surface area contributed by atoms with E-state index in [-0.39, 0.29) is 6.10 Å². The number of thioether (sulfide) groups is 1. The highest BCUT2D eigenvalue weighted by molar-refractivity contribution is 7.99. The summed E-state index contributed by atoms with van der Waals surface area (Å²) >= 11 is 1.64. The van der Waals surface area contributed by atoms with Crippen molar-refractivity contribution in [3.05, 3.63) is 48.5 Å². The summed E-state index contributed by atoms with van der Waals surface area (Å²) in [5, 5.41) is 9.82. The molecule has 1 aliphatic rings. The topological polar surface area (TPSA) is 67.6 Å². The van der Waals surface area contributed by atoms with Gasteiger partial charge in [0.2, 0.25) is 0 Å². The van der Waals surface area contributed by atoms with Gasteiger partial charge in [-0.25, -0.2) is 0 Å². The molecule has 1 fully saturated rings. The summed E-state index contributed by atoms with van der Waals surface area (Å²) in [6, 6.07) is 15.5. The molecular formula is C23H27N3O4S. The van der Waals surface area contributed by atoms with Gasteiger partial charge in [0.1, 0.15) is 17.2 Å². The third-order valence-electron chi connectivity index (χ3n) is 5.12. The Morgan fingerprint density at radius 2 is 1.65 bits per heavy atom. The van der Waals surface area contributed by atoms with Gasteiger partial charge < -0.3 is 18.9 Å². The van der Waals surface area contributed by atoms with Crippen LogP contribution in [0, 0.1) is 0 Å². The molecule has 4 rings (SSSR count). The van der Waals surface area contributed by atoms with E-state index in [9.17, 15) is 0 Å². The Labute approximate surface area is 186 Å². The standard InChI is InChI=1S/C23H27N3O4S/c1-27-18-7-5-17(6-8-18)22-24-25-23(26(22)16-21-4-3-13-29-21)31-15-14-30-20-11-9-19(28-2)10-12-20/h5-12,21H,3-4,13-16H2,1-2H3/t21-/m0/s1. The van der Waals surface area contributed by atoms with Crippen molar-refractivity contribution in [2.75, 3.05) is 33.2 Å². The largest absolute Gasteiger partial charge is 0.497 e. The van der Waals surface area contributed by atoms with Gasteiger partial charge in [-0.15, -0.1) is 10.2 Å². The maximum Gasteiger partial charge on any atom is 0.191 e. The maximum atomic E-state index is 5.87. The monoisotopic (exact) mass is 441 g/mol. The first-order valence-corrected chi connectivity index (χ1v) is 11.3. The van der Waals surface area contributed by atoms with E-state index in [4.69, 9.17) is 18.9 Å². The first kappa shape index (κ1) is 21.5. The van der Waals surface area contributed by atoms with Crippen molar-refractivity contribution in [3.8, 4) is 28.6 Å². The van der Waals surface area contributed by atoms with Crippen LogP contribution in [-0.4, -0.2) is 54.1 Å². The predicted molar refractivity (Wildman–Crippen MR) is 120 cm³/mol. The van der Waals surface area contributed by atoms with Crippen molar-refractivity contribution in [2.24, 2.45) is 0 Å². The number of aromatic nitrogens is 3. The van der Waals surface area contributed by atoms with E-state index in [0.717, 1.165) is 65.5 Å². The van der Waals surface area contributed by atoms with Gasteiger partial charge in [0.05, 0.1) is 33.5 Å². The summed E-state index contributed by atoms with van der Waals surface area (Å²) in [5.74, 6) is 4.06. The Hall–Kier alpha value is -2.71. The Balaban J connectivity index is 1.43. The van der Waals surface area contributed by atoms with Crippen LogP contribution in [0.1, 0.15) is 12.8 Å². The molecule has 0 bridgehead atoms. The van der Waals surface area contributed by atoms with E-state index in [1.807, 2.05) is 48.5 Å². The Morgan fingerprint density at radius 1 is 0.968 bits per heavy atom. The number of hydrogen-bond donors (Lipinski definition) is 0. The molecule has 0 radical (unpaired) electrons. The van der Waals surface area contributed by atoms with Crippen LogP contribution < -0.4 is 14.2 Å². The molecular weight excluding hydrogens is 414 g/mol. The molecule has 0 unspecified atom stereocenters. The fourth-order valence-electron chi connectivity index (χ4n) is 3.47. The van der Waals surface area contributed by atoms with Gasteiger partial charge in [0, 0.05) is 17.9 Å². The van der Waals surface area contributed by atoms with E-state index >= 15 is 0 Å². The SMILES string of the molecule is COc1ccc(OCCSc2nnc(-c3ccc(OC)cc3)n2C[C@@H]2CCCO2)cc1. The molecule has 3 aromatic rings. The van der Waals surface area contributed by atoms with Crippen LogP contribution in [0.5, 0.6) is 17.2 Å². The van der Waals surface area contributed by atoms with Crippen LogP contribution in [-0.2, 0) is 11.3 Å². The third-order valence-corrected chi connectivity index (χ3v) is 6.05. The number of hydrogen-bond acceptors (Lipinski definition) is 7. The Bertz CT molecular complexity index is 954. The quantitative estimate of drug-likeness (QED) is 0.343. The number of rotatable bonds is 10. The second kappa shape index (κ2) is 10.5. The number of benzene rings is 2. The maximum absolute atomic E-state index is 5.87. The summed E-state index contributed by atoms with van der Waals surface area (Å²) in [7, 11) is 3.32. The lowest BCUT2D eigenvalue weighted by molar-refractivity contribution is 0.0953. The minimum absolute atomic E-state index is 0.197. The highest BCUT2D eigenvalue weighted by atomic mass is 32.2. The third kappa shape index (κ3) is 5.51. The predicted octanol–water partition coefficient (Wildman–Crippen LogP) is 4.31. The molecule has 1 aromatic heterocycles. The molecule has 1 atom stereocenters. The van der Waals surface area contributed by atoms with E-state index in [0.29, 0.717) is 6.61 Å². The van der Waals surface area contributed by atoms with E-state index < -0.39 is 0 Å². The number of ether oxygens (including phenoxy) is 4. The average molecular weight is 442 g/mol. The summed E-state index contributed by atoms with van der Waals surface area (Å²) in [5.41, 5.74) is 1.01. The van der Waals surface area contributed by atoms with Gasteiger partial charge in [-0.05, 0) is 61.4 Å². The fraction of sp³-hybridized carbons (Fsp3) is 0.391. The zero-order chi connectivity index (χ0) is 21.5. The highest BCUT2D eigenvalue weighted by Crippen LogP contribution is 2.28.